The van der Waals surface area contributed by atoms with Gasteiger partial charge < -0.3 is 0 Å². The Morgan fingerprint density at radius 1 is 0.952 bits per heavy atom. The Kier molecular flexibility index (Phi) is 3.48. The Bertz CT molecular complexity index is 913. The first-order chi connectivity index (χ1) is 10.1. The van der Waals surface area contributed by atoms with Crippen molar-refractivity contribution in [2.75, 3.05) is 4.72 Å². The summed E-state index contributed by atoms with van der Waals surface area (Å²) in [5.74, 6) is 0. The zero-order chi connectivity index (χ0) is 14.9. The van der Waals surface area contributed by atoms with Crippen LogP contribution in [0.3, 0.4) is 0 Å². The molecule has 0 aliphatic rings. The average molecular weight is 320 g/mol. The van der Waals surface area contributed by atoms with E-state index in [1.807, 2.05) is 0 Å². The fourth-order valence-electron chi connectivity index (χ4n) is 1.90. The molecular formula is C14H10ClN3O2S. The lowest BCUT2D eigenvalue weighted by Gasteiger charge is -2.09. The molecule has 3 rings (SSSR count). The molecule has 5 nitrogen and oxygen atoms in total. The molecule has 0 saturated heterocycles. The molecule has 0 aliphatic carbocycles. The monoisotopic (exact) mass is 319 g/mol. The van der Waals surface area contributed by atoms with Gasteiger partial charge in [-0.15, -0.1) is 0 Å². The summed E-state index contributed by atoms with van der Waals surface area (Å²) in [6, 6.07) is 11.2. The summed E-state index contributed by atoms with van der Waals surface area (Å²) in [4.78, 5) is 8.30. The van der Waals surface area contributed by atoms with Gasteiger partial charge in [0.05, 0.1) is 21.7 Å². The van der Waals surface area contributed by atoms with Crippen molar-refractivity contribution in [3.05, 3.63) is 59.9 Å². The highest BCUT2D eigenvalue weighted by molar-refractivity contribution is 7.92. The molecule has 7 heteroatoms. The first-order valence-electron chi connectivity index (χ1n) is 6.04. The molecule has 2 aromatic carbocycles. The number of hydrogen-bond donors (Lipinski definition) is 1. The number of fused-ring (bicyclic) bond motifs is 1. The predicted molar refractivity (Wildman–Crippen MR) is 81.8 cm³/mol. The third-order valence-corrected chi connectivity index (χ3v) is 4.73. The minimum absolute atomic E-state index is 0.0332. The zero-order valence-corrected chi connectivity index (χ0v) is 12.3. The summed E-state index contributed by atoms with van der Waals surface area (Å²) >= 11 is 5.93. The number of benzene rings is 2. The van der Waals surface area contributed by atoms with Gasteiger partial charge in [-0.1, -0.05) is 23.7 Å². The zero-order valence-electron chi connectivity index (χ0n) is 10.7. The lowest BCUT2D eigenvalue weighted by molar-refractivity contribution is 0.601. The third kappa shape index (κ3) is 2.81. The molecule has 3 aromatic rings. The van der Waals surface area contributed by atoms with Crippen LogP contribution in [-0.2, 0) is 10.0 Å². The number of nitrogens with zero attached hydrogens (tertiary/aromatic N) is 2. The van der Waals surface area contributed by atoms with Crippen molar-refractivity contribution >= 4 is 38.3 Å². The SMILES string of the molecule is O=S(=O)(Nc1ccc2nccnc2c1)c1ccccc1Cl. The van der Waals surface area contributed by atoms with Gasteiger partial charge in [-0.25, -0.2) is 8.42 Å². The second-order valence-electron chi connectivity index (χ2n) is 4.30. The Morgan fingerprint density at radius 2 is 1.67 bits per heavy atom. The molecule has 1 aromatic heterocycles. The molecule has 21 heavy (non-hydrogen) atoms. The van der Waals surface area contributed by atoms with Gasteiger partial charge in [0.15, 0.2) is 0 Å². The van der Waals surface area contributed by atoms with Gasteiger partial charge in [-0.3, -0.25) is 14.7 Å². The summed E-state index contributed by atoms with van der Waals surface area (Å²) in [6.45, 7) is 0. The molecule has 0 spiro atoms. The van der Waals surface area contributed by atoms with Crippen molar-refractivity contribution in [2.24, 2.45) is 0 Å². The normalized spacial score (nSPS) is 11.5. The van der Waals surface area contributed by atoms with Crippen LogP contribution in [0.15, 0.2) is 59.8 Å². The van der Waals surface area contributed by atoms with Crippen molar-refractivity contribution in [1.29, 1.82) is 0 Å². The average Bonchev–Trinajstić information content (AvgIpc) is 2.47. The molecule has 0 bridgehead atoms. The van der Waals surface area contributed by atoms with Gasteiger partial charge >= 0.3 is 0 Å². The fourth-order valence-corrected chi connectivity index (χ4v) is 3.47. The quantitative estimate of drug-likeness (QED) is 0.805. The first kappa shape index (κ1) is 13.8. The lowest BCUT2D eigenvalue weighted by Crippen LogP contribution is -2.13. The van der Waals surface area contributed by atoms with Crippen LogP contribution in [0.2, 0.25) is 5.02 Å². The highest BCUT2D eigenvalue weighted by Crippen LogP contribution is 2.24. The van der Waals surface area contributed by atoms with E-state index in [1.165, 1.54) is 12.1 Å². The van der Waals surface area contributed by atoms with E-state index in [2.05, 4.69) is 14.7 Å². The molecular weight excluding hydrogens is 310 g/mol. The lowest BCUT2D eigenvalue weighted by atomic mass is 10.3. The van der Waals surface area contributed by atoms with Crippen molar-refractivity contribution in [1.82, 2.24) is 9.97 Å². The number of rotatable bonds is 3. The Morgan fingerprint density at radius 3 is 2.43 bits per heavy atom. The molecule has 0 saturated carbocycles. The Balaban J connectivity index is 1.99. The minimum Gasteiger partial charge on any atom is -0.280 e. The fraction of sp³-hybridized carbons (Fsp3) is 0. The molecule has 0 radical (unpaired) electrons. The van der Waals surface area contributed by atoms with Crippen LogP contribution in [0.5, 0.6) is 0 Å². The second-order valence-corrected chi connectivity index (χ2v) is 6.35. The van der Waals surface area contributed by atoms with E-state index in [4.69, 9.17) is 11.6 Å². The summed E-state index contributed by atoms with van der Waals surface area (Å²) in [5, 5.41) is 0.172. The molecule has 0 fully saturated rings. The Labute approximate surface area is 126 Å². The van der Waals surface area contributed by atoms with Gasteiger partial charge in [-0.2, -0.15) is 0 Å². The number of nitrogens with one attached hydrogen (secondary N) is 1. The molecule has 0 amide bonds. The number of sulfonamides is 1. The van der Waals surface area contributed by atoms with Crippen molar-refractivity contribution in [3.8, 4) is 0 Å². The van der Waals surface area contributed by atoms with E-state index >= 15 is 0 Å². The van der Waals surface area contributed by atoms with Crippen LogP contribution < -0.4 is 4.72 Å². The molecule has 106 valence electrons. The smallest absolute Gasteiger partial charge is 0.263 e. The highest BCUT2D eigenvalue weighted by atomic mass is 35.5. The third-order valence-electron chi connectivity index (χ3n) is 2.85. The van der Waals surface area contributed by atoms with E-state index in [-0.39, 0.29) is 9.92 Å². The van der Waals surface area contributed by atoms with Crippen LogP contribution in [0.4, 0.5) is 5.69 Å². The largest absolute Gasteiger partial charge is 0.280 e. The Hall–Kier alpha value is -2.18. The second kappa shape index (κ2) is 5.31. The molecule has 0 unspecified atom stereocenters. The topological polar surface area (TPSA) is 72.0 Å². The van der Waals surface area contributed by atoms with Crippen LogP contribution in [0.25, 0.3) is 11.0 Å². The van der Waals surface area contributed by atoms with E-state index in [0.29, 0.717) is 16.7 Å². The number of anilines is 1. The maximum Gasteiger partial charge on any atom is 0.263 e. The van der Waals surface area contributed by atoms with Crippen molar-refractivity contribution < 1.29 is 8.42 Å². The van der Waals surface area contributed by atoms with Gasteiger partial charge in [0.2, 0.25) is 0 Å². The highest BCUT2D eigenvalue weighted by Gasteiger charge is 2.17. The van der Waals surface area contributed by atoms with E-state index < -0.39 is 10.0 Å². The van der Waals surface area contributed by atoms with Crippen molar-refractivity contribution in [3.63, 3.8) is 0 Å². The molecule has 0 aliphatic heterocycles. The maximum absolute atomic E-state index is 12.3. The number of halogens is 1. The molecule has 1 N–H and O–H groups in total. The summed E-state index contributed by atoms with van der Waals surface area (Å²) in [6.07, 6.45) is 3.13. The maximum atomic E-state index is 12.3. The predicted octanol–water partition coefficient (Wildman–Crippen LogP) is 3.08. The van der Waals surface area contributed by atoms with Gasteiger partial charge in [0.25, 0.3) is 10.0 Å². The van der Waals surface area contributed by atoms with Crippen LogP contribution in [0.1, 0.15) is 0 Å². The van der Waals surface area contributed by atoms with Gasteiger partial charge in [0.1, 0.15) is 4.90 Å². The van der Waals surface area contributed by atoms with Crippen molar-refractivity contribution in [2.45, 2.75) is 4.90 Å². The summed E-state index contributed by atoms with van der Waals surface area (Å²) < 4.78 is 27.1. The van der Waals surface area contributed by atoms with Gasteiger partial charge in [-0.05, 0) is 30.3 Å². The van der Waals surface area contributed by atoms with E-state index in [1.54, 1.807) is 42.7 Å². The molecule has 0 atom stereocenters. The summed E-state index contributed by atoms with van der Waals surface area (Å²) in [5.41, 5.74) is 1.71. The minimum atomic E-state index is -3.74. The van der Waals surface area contributed by atoms with Crippen LogP contribution in [-0.4, -0.2) is 18.4 Å². The van der Waals surface area contributed by atoms with Crippen LogP contribution >= 0.6 is 11.6 Å². The van der Waals surface area contributed by atoms with E-state index in [0.717, 1.165) is 0 Å². The number of aromatic nitrogens is 2. The van der Waals surface area contributed by atoms with Crippen LogP contribution in [0, 0.1) is 0 Å². The van der Waals surface area contributed by atoms with Gasteiger partial charge in [0, 0.05) is 12.4 Å². The first-order valence-corrected chi connectivity index (χ1v) is 7.90. The summed E-state index contributed by atoms with van der Waals surface area (Å²) in [7, 11) is -3.74. The molecule has 1 heterocycles. The van der Waals surface area contributed by atoms with E-state index in [9.17, 15) is 8.42 Å². The standard InChI is InChI=1S/C14H10ClN3O2S/c15-11-3-1-2-4-14(11)21(19,20)18-10-5-6-12-13(9-10)17-8-7-16-12/h1-9,18H. The number of hydrogen-bond acceptors (Lipinski definition) is 4.